The number of ether oxygens (including phenoxy) is 1. The summed E-state index contributed by atoms with van der Waals surface area (Å²) in [5, 5.41) is 7.91. The maximum Gasteiger partial charge on any atom is 0.337 e. The minimum atomic E-state index is -0.424. The van der Waals surface area contributed by atoms with Crippen molar-refractivity contribution in [3.05, 3.63) is 69.1 Å². The monoisotopic (exact) mass is 429 g/mol. The molecule has 0 spiro atoms. The van der Waals surface area contributed by atoms with Crippen LogP contribution in [0.5, 0.6) is 0 Å². The second-order valence-corrected chi connectivity index (χ2v) is 7.57. The van der Waals surface area contributed by atoms with Crippen molar-refractivity contribution in [2.75, 3.05) is 7.11 Å². The summed E-state index contributed by atoms with van der Waals surface area (Å²) >= 11 is 12.4. The van der Waals surface area contributed by atoms with Gasteiger partial charge in [0.1, 0.15) is 5.15 Å². The van der Waals surface area contributed by atoms with Crippen molar-refractivity contribution in [3.63, 3.8) is 0 Å². The Morgan fingerprint density at radius 1 is 1.17 bits per heavy atom. The summed E-state index contributed by atoms with van der Waals surface area (Å²) in [6.45, 7) is 0. The molecule has 1 aliphatic rings. The van der Waals surface area contributed by atoms with Crippen molar-refractivity contribution in [2.24, 2.45) is 0 Å². The van der Waals surface area contributed by atoms with Gasteiger partial charge in [0.15, 0.2) is 5.78 Å². The third-order valence-corrected chi connectivity index (χ3v) is 5.75. The number of carbonyl (C=O) groups excluding carboxylic acids is 2. The molecule has 1 aromatic carbocycles. The smallest absolute Gasteiger partial charge is 0.337 e. The largest absolute Gasteiger partial charge is 0.465 e. The molecule has 0 fully saturated rings. The number of nitrogens with zero attached hydrogens (tertiary/aromatic N) is 2. The maximum absolute atomic E-state index is 13.4. The van der Waals surface area contributed by atoms with Gasteiger partial charge >= 0.3 is 5.97 Å². The Kier molecular flexibility index (Phi) is 5.39. The molecule has 29 heavy (non-hydrogen) atoms. The Balaban J connectivity index is 1.76. The van der Waals surface area contributed by atoms with Crippen molar-refractivity contribution < 1.29 is 14.3 Å². The number of Topliss-reactive ketones (excluding diaryl/α,β-unsaturated/α-hetero) is 1. The van der Waals surface area contributed by atoms with Crippen molar-refractivity contribution >= 4 is 35.0 Å². The molecule has 2 heterocycles. The molecule has 0 saturated carbocycles. The Bertz CT molecular complexity index is 1070. The second kappa shape index (κ2) is 7.97. The summed E-state index contributed by atoms with van der Waals surface area (Å²) in [5.41, 5.74) is 3.95. The van der Waals surface area contributed by atoms with Gasteiger partial charge < -0.3 is 4.74 Å². The zero-order valence-electron chi connectivity index (χ0n) is 15.5. The number of methoxy groups -OCH3 is 1. The van der Waals surface area contributed by atoms with Gasteiger partial charge in [-0.1, -0.05) is 35.3 Å². The molecule has 3 aromatic rings. The molecule has 2 aromatic heterocycles. The van der Waals surface area contributed by atoms with Crippen molar-refractivity contribution in [3.8, 4) is 11.3 Å². The number of aryl methyl sites for hydroxylation is 1. The normalized spacial score (nSPS) is 15.6. The first-order chi connectivity index (χ1) is 14.0. The number of H-pyrrole nitrogens is 1. The van der Waals surface area contributed by atoms with E-state index in [1.807, 2.05) is 0 Å². The third-order valence-electron chi connectivity index (χ3n) is 5.15. The van der Waals surface area contributed by atoms with E-state index in [9.17, 15) is 9.59 Å². The van der Waals surface area contributed by atoms with E-state index in [0.29, 0.717) is 17.7 Å². The number of carbonyl (C=O) groups is 2. The number of nitrogens with one attached hydrogen (secondary N) is 1. The molecule has 0 amide bonds. The molecule has 0 radical (unpaired) electrons. The molecule has 1 aliphatic carbocycles. The number of aromatic nitrogens is 3. The summed E-state index contributed by atoms with van der Waals surface area (Å²) in [4.78, 5) is 29.0. The zero-order chi connectivity index (χ0) is 20.5. The second-order valence-electron chi connectivity index (χ2n) is 6.80. The zero-order valence-corrected chi connectivity index (χ0v) is 17.0. The van der Waals surface area contributed by atoms with Gasteiger partial charge in [-0.15, -0.1) is 0 Å². The van der Waals surface area contributed by atoms with E-state index in [-0.39, 0.29) is 21.5 Å². The molecule has 8 heteroatoms. The predicted octanol–water partition coefficient (Wildman–Crippen LogP) is 4.87. The highest BCUT2D eigenvalue weighted by Crippen LogP contribution is 2.41. The van der Waals surface area contributed by atoms with Crippen LogP contribution in [0.15, 0.2) is 36.5 Å². The fourth-order valence-corrected chi connectivity index (χ4v) is 4.29. The van der Waals surface area contributed by atoms with Gasteiger partial charge in [0.05, 0.1) is 34.9 Å². The molecule has 0 bridgehead atoms. The Labute approximate surface area is 177 Å². The van der Waals surface area contributed by atoms with E-state index < -0.39 is 11.9 Å². The highest BCUT2D eigenvalue weighted by molar-refractivity contribution is 6.39. The number of ketones is 1. The van der Waals surface area contributed by atoms with Crippen LogP contribution in [0.4, 0.5) is 0 Å². The Morgan fingerprint density at radius 3 is 2.62 bits per heavy atom. The van der Waals surface area contributed by atoms with E-state index in [4.69, 9.17) is 27.9 Å². The third kappa shape index (κ3) is 3.54. The van der Waals surface area contributed by atoms with Crippen LogP contribution in [0, 0.1) is 0 Å². The highest BCUT2D eigenvalue weighted by atomic mass is 35.5. The lowest BCUT2D eigenvalue weighted by atomic mass is 9.80. The fourth-order valence-electron chi connectivity index (χ4n) is 3.75. The summed E-state index contributed by atoms with van der Waals surface area (Å²) in [7, 11) is 1.34. The van der Waals surface area contributed by atoms with Gasteiger partial charge in [0.2, 0.25) is 0 Å². The van der Waals surface area contributed by atoms with Crippen LogP contribution in [0.1, 0.15) is 50.7 Å². The topological polar surface area (TPSA) is 84.9 Å². The van der Waals surface area contributed by atoms with Crippen LogP contribution in [0.25, 0.3) is 11.3 Å². The van der Waals surface area contributed by atoms with Gasteiger partial charge in [-0.25, -0.2) is 9.78 Å². The number of hydrogen-bond donors (Lipinski definition) is 1. The molecule has 0 aliphatic heterocycles. The molecular weight excluding hydrogens is 413 g/mol. The molecular formula is C21H17Cl2N3O3. The molecule has 1 N–H and O–H groups in total. The standard InChI is InChI=1S/C21H17Cl2N3O3/c1-29-21(28)12-7-5-11(6-8-12)18-16-13(3-2-4-15(16)25-26-18)19(27)17-14(22)9-10-24-20(17)23/h5-10,13H,2-4H2,1H3,(H,25,26). The lowest BCUT2D eigenvalue weighted by Gasteiger charge is -2.23. The van der Waals surface area contributed by atoms with E-state index in [1.54, 1.807) is 30.3 Å². The molecule has 4 rings (SSSR count). The van der Waals surface area contributed by atoms with Crippen LogP contribution in [-0.2, 0) is 11.2 Å². The van der Waals surface area contributed by atoms with Gasteiger partial charge in [0, 0.05) is 23.0 Å². The number of pyridine rings is 1. The number of hydrogen-bond acceptors (Lipinski definition) is 5. The predicted molar refractivity (Wildman–Crippen MR) is 110 cm³/mol. The quantitative estimate of drug-likeness (QED) is 0.363. The summed E-state index contributed by atoms with van der Waals surface area (Å²) in [5.74, 6) is -0.996. The summed E-state index contributed by atoms with van der Waals surface area (Å²) in [6, 6.07) is 8.51. The lowest BCUT2D eigenvalue weighted by molar-refractivity contribution is 0.0600. The first-order valence-corrected chi connectivity index (χ1v) is 9.87. The van der Waals surface area contributed by atoms with Crippen LogP contribution < -0.4 is 0 Å². The summed E-state index contributed by atoms with van der Waals surface area (Å²) < 4.78 is 4.74. The number of benzene rings is 1. The van der Waals surface area contributed by atoms with Crippen LogP contribution >= 0.6 is 23.2 Å². The first-order valence-electron chi connectivity index (χ1n) is 9.11. The molecule has 148 valence electrons. The number of esters is 1. The molecule has 1 atom stereocenters. The van der Waals surface area contributed by atoms with E-state index >= 15 is 0 Å². The minimum Gasteiger partial charge on any atom is -0.465 e. The SMILES string of the molecule is COC(=O)c1ccc(-c2n[nH]c3c2C(C(=O)c2c(Cl)ccnc2Cl)CCC3)cc1. The van der Waals surface area contributed by atoms with Gasteiger partial charge in [-0.3, -0.25) is 9.89 Å². The van der Waals surface area contributed by atoms with Crippen molar-refractivity contribution in [2.45, 2.75) is 25.2 Å². The van der Waals surface area contributed by atoms with E-state index in [0.717, 1.165) is 29.7 Å². The number of rotatable bonds is 4. The van der Waals surface area contributed by atoms with Crippen LogP contribution in [0.3, 0.4) is 0 Å². The minimum absolute atomic E-state index is 0.0992. The van der Waals surface area contributed by atoms with Gasteiger partial charge in [-0.2, -0.15) is 5.10 Å². The Morgan fingerprint density at radius 2 is 1.93 bits per heavy atom. The van der Waals surface area contributed by atoms with Gasteiger partial charge in [0.25, 0.3) is 0 Å². The highest BCUT2D eigenvalue weighted by Gasteiger charge is 2.34. The Hall–Kier alpha value is -2.70. The van der Waals surface area contributed by atoms with E-state index in [1.165, 1.54) is 13.3 Å². The number of fused-ring (bicyclic) bond motifs is 1. The lowest BCUT2D eigenvalue weighted by Crippen LogP contribution is -2.19. The number of halogens is 2. The average Bonchev–Trinajstić information content (AvgIpc) is 3.17. The maximum atomic E-state index is 13.4. The average molecular weight is 430 g/mol. The van der Waals surface area contributed by atoms with Crippen molar-refractivity contribution in [1.82, 2.24) is 15.2 Å². The molecule has 0 saturated heterocycles. The van der Waals surface area contributed by atoms with E-state index in [2.05, 4.69) is 15.2 Å². The fraction of sp³-hybridized carbons (Fsp3) is 0.238. The van der Waals surface area contributed by atoms with Crippen LogP contribution in [0.2, 0.25) is 10.2 Å². The number of aromatic amines is 1. The molecule has 6 nitrogen and oxygen atoms in total. The van der Waals surface area contributed by atoms with Crippen molar-refractivity contribution in [1.29, 1.82) is 0 Å². The van der Waals surface area contributed by atoms with Crippen LogP contribution in [-0.4, -0.2) is 34.0 Å². The van der Waals surface area contributed by atoms with Gasteiger partial charge in [-0.05, 0) is 37.5 Å². The summed E-state index contributed by atoms with van der Waals surface area (Å²) in [6.07, 6.45) is 3.79. The first kappa shape index (κ1) is 19.6. The molecule has 1 unspecified atom stereocenters.